The highest BCUT2D eigenvalue weighted by atomic mass is 32.2. The van der Waals surface area contributed by atoms with Crippen LogP contribution in [0.15, 0.2) is 36.4 Å². The van der Waals surface area contributed by atoms with Crippen molar-refractivity contribution in [2.24, 2.45) is 0 Å². The van der Waals surface area contributed by atoms with Crippen molar-refractivity contribution in [3.63, 3.8) is 0 Å². The minimum absolute atomic E-state index is 0.0498. The molecule has 0 aliphatic heterocycles. The molecule has 13 heteroatoms. The predicted octanol–water partition coefficient (Wildman–Crippen LogP) is 0.655. The first-order valence-corrected chi connectivity index (χ1v) is 12.3. The lowest BCUT2D eigenvalue weighted by Gasteiger charge is -2.31. The maximum atomic E-state index is 12.4. The van der Waals surface area contributed by atoms with Gasteiger partial charge in [-0.2, -0.15) is 25.3 Å². The molecule has 0 heterocycles. The molecule has 2 aliphatic carbocycles. The van der Waals surface area contributed by atoms with Crippen LogP contribution in [0.1, 0.15) is 32.8 Å². The fourth-order valence-corrected chi connectivity index (χ4v) is 6.27. The monoisotopic (exact) mass is 459 g/mol. The Kier molecular flexibility index (Phi) is 4.05. The van der Waals surface area contributed by atoms with Crippen LogP contribution >= 0.6 is 0 Å². The normalized spacial score (nSPS) is 21.6. The zero-order chi connectivity index (χ0) is 21.5. The van der Waals surface area contributed by atoms with Crippen LogP contribution in [-0.4, -0.2) is 38.9 Å². The average molecular weight is 459 g/mol. The lowest BCUT2D eigenvalue weighted by atomic mass is 9.84. The smallest absolute Gasteiger partial charge is 0.294 e. The van der Waals surface area contributed by atoms with Crippen LogP contribution in [0.2, 0.25) is 0 Å². The van der Waals surface area contributed by atoms with Crippen LogP contribution in [0.25, 0.3) is 21.4 Å². The second-order valence-corrected chi connectivity index (χ2v) is 11.0. The molecule has 0 fully saturated rings. The standard InChI is InChI=1S/C16H12O10S3/c17-11-5-12(27(18,19)20)8-3-4-10-14(29(24,25)26)6-13(28(21,22)23)9-2-1-7(11)15(8)16(9)10/h1-6,12,14,17H,(H,18,19,20)(H,21,22,23)(H,24,25,26)/p-1. The Morgan fingerprint density at radius 1 is 0.690 bits per heavy atom. The summed E-state index contributed by atoms with van der Waals surface area (Å²) >= 11 is 0. The van der Waals surface area contributed by atoms with E-state index in [1.165, 1.54) is 18.2 Å². The third-order valence-electron chi connectivity index (χ3n) is 4.89. The van der Waals surface area contributed by atoms with E-state index in [-0.39, 0.29) is 33.0 Å². The summed E-state index contributed by atoms with van der Waals surface area (Å²) in [7, 11) is -14.6. The largest absolute Gasteiger partial charge is 0.872 e. The summed E-state index contributed by atoms with van der Waals surface area (Å²) in [5.41, 5.74) is -0.411. The summed E-state index contributed by atoms with van der Waals surface area (Å²) in [5.74, 6) is -0.782. The van der Waals surface area contributed by atoms with Crippen LogP contribution in [-0.2, 0) is 30.4 Å². The second kappa shape index (κ2) is 5.87. The zero-order valence-corrected chi connectivity index (χ0v) is 16.5. The lowest BCUT2D eigenvalue weighted by molar-refractivity contribution is -0.244. The molecule has 0 amide bonds. The molecule has 2 unspecified atom stereocenters. The van der Waals surface area contributed by atoms with Gasteiger partial charge < -0.3 is 5.11 Å². The average Bonchev–Trinajstić information content (AvgIpc) is 2.57. The molecule has 29 heavy (non-hydrogen) atoms. The van der Waals surface area contributed by atoms with Crippen molar-refractivity contribution < 1.29 is 44.0 Å². The number of hydrogen-bond donors (Lipinski definition) is 3. The van der Waals surface area contributed by atoms with Gasteiger partial charge >= 0.3 is 0 Å². The van der Waals surface area contributed by atoms with Gasteiger partial charge in [-0.15, -0.1) is 5.76 Å². The van der Waals surface area contributed by atoms with E-state index in [1.54, 1.807) is 0 Å². The molecular weight excluding hydrogens is 448 g/mol. The van der Waals surface area contributed by atoms with Gasteiger partial charge in [0.1, 0.15) is 10.5 Å². The molecule has 0 bridgehead atoms. The molecular formula is C16H11O10S3-. The van der Waals surface area contributed by atoms with Crippen molar-refractivity contribution in [2.75, 3.05) is 0 Å². The molecule has 0 radical (unpaired) electrons. The van der Waals surface area contributed by atoms with Crippen LogP contribution in [0, 0.1) is 0 Å². The fraction of sp³-hybridized carbons (Fsp3) is 0.125. The molecule has 154 valence electrons. The minimum Gasteiger partial charge on any atom is -0.872 e. The van der Waals surface area contributed by atoms with Crippen LogP contribution in [0.5, 0.6) is 0 Å². The van der Waals surface area contributed by atoms with Crippen molar-refractivity contribution in [3.05, 3.63) is 58.7 Å². The van der Waals surface area contributed by atoms with E-state index in [0.717, 1.165) is 12.1 Å². The molecule has 0 saturated heterocycles. The Morgan fingerprint density at radius 2 is 1.14 bits per heavy atom. The highest BCUT2D eigenvalue weighted by Gasteiger charge is 2.37. The molecule has 0 spiro atoms. The molecule has 2 aliphatic rings. The Morgan fingerprint density at radius 3 is 1.62 bits per heavy atom. The van der Waals surface area contributed by atoms with Gasteiger partial charge in [-0.3, -0.25) is 13.7 Å². The summed E-state index contributed by atoms with van der Waals surface area (Å²) in [6.45, 7) is 0. The van der Waals surface area contributed by atoms with Crippen LogP contribution in [0.4, 0.5) is 0 Å². The third-order valence-corrected chi connectivity index (χ3v) is 7.87. The molecule has 2 aromatic carbocycles. The summed E-state index contributed by atoms with van der Waals surface area (Å²) in [5, 5.41) is 8.58. The molecule has 0 saturated carbocycles. The number of rotatable bonds is 3. The molecule has 3 N–H and O–H groups in total. The molecule has 10 nitrogen and oxygen atoms in total. The second-order valence-electron chi connectivity index (χ2n) is 6.56. The number of benzene rings is 2. The lowest BCUT2D eigenvalue weighted by Crippen LogP contribution is -2.21. The summed E-state index contributed by atoms with van der Waals surface area (Å²) in [6.07, 6.45) is 1.43. The van der Waals surface area contributed by atoms with Crippen molar-refractivity contribution >= 4 is 51.8 Å². The van der Waals surface area contributed by atoms with E-state index in [1.807, 2.05) is 0 Å². The Bertz CT molecular complexity index is 1480. The van der Waals surface area contributed by atoms with E-state index in [4.69, 9.17) is 0 Å². The van der Waals surface area contributed by atoms with Crippen molar-refractivity contribution in [1.29, 1.82) is 0 Å². The Labute approximate surface area is 165 Å². The molecule has 0 aromatic heterocycles. The van der Waals surface area contributed by atoms with Crippen molar-refractivity contribution in [3.8, 4) is 0 Å². The molecule has 2 atom stereocenters. The minimum atomic E-state index is -4.95. The van der Waals surface area contributed by atoms with Crippen molar-refractivity contribution in [2.45, 2.75) is 10.5 Å². The summed E-state index contributed by atoms with van der Waals surface area (Å²) < 4.78 is 99.7. The maximum Gasteiger partial charge on any atom is 0.294 e. The maximum absolute atomic E-state index is 12.4. The van der Waals surface area contributed by atoms with E-state index in [0.29, 0.717) is 6.08 Å². The highest BCUT2D eigenvalue weighted by molar-refractivity contribution is 7.95. The number of hydrogen-bond acceptors (Lipinski definition) is 7. The van der Waals surface area contributed by atoms with Gasteiger partial charge in [0.2, 0.25) is 0 Å². The van der Waals surface area contributed by atoms with E-state index >= 15 is 0 Å². The SMILES string of the molecule is O=S(=O)(O)C1=CC(S(=O)(=O)O)c2ccc3c4c(ccc1c24)C([O-])=CC3S(=O)(=O)O. The Hall–Kier alpha value is -2.29. The molecule has 4 rings (SSSR count). The van der Waals surface area contributed by atoms with Crippen LogP contribution in [0.3, 0.4) is 0 Å². The first kappa shape index (κ1) is 20.0. The first-order valence-electron chi connectivity index (χ1n) is 7.82. The van der Waals surface area contributed by atoms with Crippen LogP contribution < -0.4 is 5.11 Å². The van der Waals surface area contributed by atoms with Gasteiger partial charge in [0, 0.05) is 5.56 Å². The van der Waals surface area contributed by atoms with E-state index in [2.05, 4.69) is 0 Å². The first-order chi connectivity index (χ1) is 13.2. The van der Waals surface area contributed by atoms with Gasteiger partial charge in [-0.05, 0) is 33.5 Å². The summed E-state index contributed by atoms with van der Waals surface area (Å²) in [4.78, 5) is -0.818. The van der Waals surface area contributed by atoms with E-state index < -0.39 is 51.5 Å². The summed E-state index contributed by atoms with van der Waals surface area (Å²) in [6, 6.07) is 4.71. The predicted molar refractivity (Wildman–Crippen MR) is 100 cm³/mol. The van der Waals surface area contributed by atoms with Gasteiger partial charge in [0.15, 0.2) is 0 Å². The third kappa shape index (κ3) is 2.97. The zero-order valence-electron chi connectivity index (χ0n) is 14.0. The Balaban J connectivity index is 2.25. The van der Waals surface area contributed by atoms with E-state index in [9.17, 15) is 44.0 Å². The quantitative estimate of drug-likeness (QED) is 0.550. The van der Waals surface area contributed by atoms with Gasteiger partial charge in [0.25, 0.3) is 30.4 Å². The van der Waals surface area contributed by atoms with Gasteiger partial charge in [-0.25, -0.2) is 0 Å². The van der Waals surface area contributed by atoms with Gasteiger partial charge in [-0.1, -0.05) is 30.3 Å². The van der Waals surface area contributed by atoms with Crippen molar-refractivity contribution in [1.82, 2.24) is 0 Å². The van der Waals surface area contributed by atoms with Gasteiger partial charge in [0.05, 0.1) is 4.91 Å². The fourth-order valence-electron chi connectivity index (χ4n) is 3.79. The molecule has 2 aromatic rings. The topological polar surface area (TPSA) is 186 Å². The highest BCUT2D eigenvalue weighted by Crippen LogP contribution is 2.48.